The zero-order chi connectivity index (χ0) is 14.4. The highest BCUT2D eigenvalue weighted by molar-refractivity contribution is 5.88. The molecule has 104 valence electrons. The van der Waals surface area contributed by atoms with E-state index in [9.17, 15) is 9.90 Å². The van der Waals surface area contributed by atoms with Crippen molar-refractivity contribution in [2.24, 2.45) is 0 Å². The fourth-order valence-corrected chi connectivity index (χ4v) is 1.92. The molecule has 19 heavy (non-hydrogen) atoms. The summed E-state index contributed by atoms with van der Waals surface area (Å²) in [6.45, 7) is 11.4. The molecular formula is C15H22N2O2. The first-order valence-electron chi connectivity index (χ1n) is 6.61. The number of hydrogen-bond donors (Lipinski definition) is 1. The lowest BCUT2D eigenvalue weighted by atomic mass is 10.1. The molecule has 1 N–H and O–H groups in total. The number of aromatic nitrogens is 1. The van der Waals surface area contributed by atoms with Crippen molar-refractivity contribution in [3.8, 4) is 0 Å². The van der Waals surface area contributed by atoms with E-state index in [1.165, 1.54) is 0 Å². The third-order valence-corrected chi connectivity index (χ3v) is 2.78. The van der Waals surface area contributed by atoms with Crippen molar-refractivity contribution >= 4 is 11.8 Å². The van der Waals surface area contributed by atoms with Gasteiger partial charge in [-0.3, -0.25) is 0 Å². The Kier molecular flexibility index (Phi) is 5.55. The molecule has 1 rings (SSSR count). The zero-order valence-electron chi connectivity index (χ0n) is 11.9. The van der Waals surface area contributed by atoms with E-state index >= 15 is 0 Å². The Morgan fingerprint density at radius 1 is 1.42 bits per heavy atom. The van der Waals surface area contributed by atoms with E-state index in [1.807, 2.05) is 18.7 Å². The lowest BCUT2D eigenvalue weighted by Gasteiger charge is -2.23. The van der Waals surface area contributed by atoms with Crippen LogP contribution in [0.25, 0.3) is 0 Å². The van der Waals surface area contributed by atoms with Gasteiger partial charge in [-0.05, 0) is 32.4 Å². The summed E-state index contributed by atoms with van der Waals surface area (Å²) in [5.41, 5.74) is 2.16. The number of aromatic carboxylic acids is 1. The molecule has 0 bridgehead atoms. The third-order valence-electron chi connectivity index (χ3n) is 2.78. The van der Waals surface area contributed by atoms with E-state index < -0.39 is 5.97 Å². The molecule has 4 nitrogen and oxygen atoms in total. The fourth-order valence-electron chi connectivity index (χ4n) is 1.92. The van der Waals surface area contributed by atoms with Crippen LogP contribution in [0.15, 0.2) is 24.3 Å². The van der Waals surface area contributed by atoms with Gasteiger partial charge in [0.1, 0.15) is 5.82 Å². The predicted molar refractivity (Wildman–Crippen MR) is 77.9 cm³/mol. The lowest BCUT2D eigenvalue weighted by Crippen LogP contribution is -2.26. The van der Waals surface area contributed by atoms with Crippen LogP contribution in [0.5, 0.6) is 0 Å². The molecule has 0 aliphatic rings. The van der Waals surface area contributed by atoms with Gasteiger partial charge in [-0.2, -0.15) is 0 Å². The first-order chi connectivity index (χ1) is 8.97. The zero-order valence-corrected chi connectivity index (χ0v) is 11.9. The lowest BCUT2D eigenvalue weighted by molar-refractivity contribution is 0.0696. The summed E-state index contributed by atoms with van der Waals surface area (Å²) in [5.74, 6) is -0.193. The van der Waals surface area contributed by atoms with Gasteiger partial charge in [-0.15, -0.1) is 0 Å². The van der Waals surface area contributed by atoms with Gasteiger partial charge in [-0.1, -0.05) is 25.5 Å². The summed E-state index contributed by atoms with van der Waals surface area (Å²) in [6, 6.07) is 3.29. The molecule has 0 fully saturated rings. The first kappa shape index (κ1) is 15.2. The van der Waals surface area contributed by atoms with Crippen LogP contribution in [-0.2, 0) is 6.42 Å². The molecule has 1 aromatic heterocycles. The van der Waals surface area contributed by atoms with Crippen LogP contribution in [0.2, 0.25) is 0 Å². The van der Waals surface area contributed by atoms with E-state index in [0.717, 1.165) is 30.7 Å². The molecular weight excluding hydrogens is 240 g/mol. The number of anilines is 1. The van der Waals surface area contributed by atoms with Gasteiger partial charge in [0, 0.05) is 18.8 Å². The number of rotatable bonds is 7. The summed E-state index contributed by atoms with van der Waals surface area (Å²) in [7, 11) is 0. The fraction of sp³-hybridized carbons (Fsp3) is 0.467. The molecule has 0 radical (unpaired) electrons. The van der Waals surface area contributed by atoms with Crippen LogP contribution in [0.1, 0.15) is 43.2 Å². The highest BCUT2D eigenvalue weighted by Crippen LogP contribution is 2.17. The van der Waals surface area contributed by atoms with Gasteiger partial charge in [0.15, 0.2) is 0 Å². The number of pyridine rings is 1. The monoisotopic (exact) mass is 262 g/mol. The molecule has 0 unspecified atom stereocenters. The van der Waals surface area contributed by atoms with Crippen LogP contribution in [-0.4, -0.2) is 29.1 Å². The Bertz CT molecular complexity index is 469. The molecule has 1 aromatic rings. The smallest absolute Gasteiger partial charge is 0.335 e. The van der Waals surface area contributed by atoms with Crippen molar-refractivity contribution in [1.29, 1.82) is 0 Å². The van der Waals surface area contributed by atoms with Crippen molar-refractivity contribution < 1.29 is 9.90 Å². The summed E-state index contributed by atoms with van der Waals surface area (Å²) in [5, 5.41) is 9.17. The standard InChI is InChI=1S/C15H22N2O2/c1-5-7-13-8-12(15(18)19)9-14(16-13)17(6-2)10-11(3)4/h8-9H,3,5-7,10H2,1-2,4H3,(H,18,19). The Labute approximate surface area is 114 Å². The highest BCUT2D eigenvalue weighted by atomic mass is 16.4. The number of nitrogens with zero attached hydrogens (tertiary/aromatic N) is 2. The Morgan fingerprint density at radius 3 is 2.58 bits per heavy atom. The maximum atomic E-state index is 11.2. The molecule has 0 saturated heterocycles. The van der Waals surface area contributed by atoms with Crippen LogP contribution in [0.3, 0.4) is 0 Å². The van der Waals surface area contributed by atoms with Crippen LogP contribution in [0, 0.1) is 0 Å². The normalized spacial score (nSPS) is 10.3. The summed E-state index contributed by atoms with van der Waals surface area (Å²) < 4.78 is 0. The number of aryl methyl sites for hydroxylation is 1. The first-order valence-corrected chi connectivity index (χ1v) is 6.61. The Hall–Kier alpha value is -1.84. The van der Waals surface area contributed by atoms with Gasteiger partial charge in [0.2, 0.25) is 0 Å². The van der Waals surface area contributed by atoms with Gasteiger partial charge in [-0.25, -0.2) is 9.78 Å². The molecule has 0 aliphatic carbocycles. The second kappa shape index (κ2) is 6.92. The molecule has 0 saturated carbocycles. The quantitative estimate of drug-likeness (QED) is 0.767. The van der Waals surface area contributed by atoms with Crippen molar-refractivity contribution in [2.45, 2.75) is 33.6 Å². The average Bonchev–Trinajstić information content (AvgIpc) is 2.35. The van der Waals surface area contributed by atoms with Crippen molar-refractivity contribution in [3.63, 3.8) is 0 Å². The number of hydrogen-bond acceptors (Lipinski definition) is 3. The summed E-state index contributed by atoms with van der Waals surface area (Å²) in [6.07, 6.45) is 1.74. The third kappa shape index (κ3) is 4.39. The summed E-state index contributed by atoms with van der Waals surface area (Å²) >= 11 is 0. The van der Waals surface area contributed by atoms with E-state index in [4.69, 9.17) is 0 Å². The van der Waals surface area contributed by atoms with Crippen molar-refractivity contribution in [2.75, 3.05) is 18.0 Å². The maximum Gasteiger partial charge on any atom is 0.335 e. The van der Waals surface area contributed by atoms with E-state index in [0.29, 0.717) is 17.9 Å². The molecule has 0 aromatic carbocycles. The number of carboxylic acids is 1. The van der Waals surface area contributed by atoms with E-state index in [2.05, 4.69) is 18.5 Å². The van der Waals surface area contributed by atoms with Crippen molar-refractivity contribution in [3.05, 3.63) is 35.5 Å². The van der Waals surface area contributed by atoms with Gasteiger partial charge in [0.05, 0.1) is 5.56 Å². The number of likely N-dealkylation sites (N-methyl/N-ethyl adjacent to an activating group) is 1. The SMILES string of the molecule is C=C(C)CN(CC)c1cc(C(=O)O)cc(CCC)n1. The molecule has 1 heterocycles. The Morgan fingerprint density at radius 2 is 2.11 bits per heavy atom. The minimum absolute atomic E-state index is 0.300. The molecule has 0 amide bonds. The van der Waals surface area contributed by atoms with Crippen LogP contribution < -0.4 is 4.90 Å². The van der Waals surface area contributed by atoms with Gasteiger partial charge in [0.25, 0.3) is 0 Å². The highest BCUT2D eigenvalue weighted by Gasteiger charge is 2.12. The van der Waals surface area contributed by atoms with Crippen LogP contribution in [0.4, 0.5) is 5.82 Å². The van der Waals surface area contributed by atoms with Crippen LogP contribution >= 0.6 is 0 Å². The minimum Gasteiger partial charge on any atom is -0.478 e. The molecule has 0 spiro atoms. The molecule has 0 aliphatic heterocycles. The largest absolute Gasteiger partial charge is 0.478 e. The van der Waals surface area contributed by atoms with E-state index in [-0.39, 0.29) is 0 Å². The average molecular weight is 262 g/mol. The molecule has 0 atom stereocenters. The molecule has 4 heteroatoms. The predicted octanol–water partition coefficient (Wildman–Crippen LogP) is 3.13. The van der Waals surface area contributed by atoms with E-state index in [1.54, 1.807) is 12.1 Å². The topological polar surface area (TPSA) is 53.4 Å². The van der Waals surface area contributed by atoms with Crippen molar-refractivity contribution in [1.82, 2.24) is 4.98 Å². The van der Waals surface area contributed by atoms with Gasteiger partial charge < -0.3 is 10.0 Å². The minimum atomic E-state index is -0.910. The number of carboxylic acid groups (broad SMARTS) is 1. The maximum absolute atomic E-state index is 11.2. The summed E-state index contributed by atoms with van der Waals surface area (Å²) in [4.78, 5) is 17.8. The second-order valence-corrected chi connectivity index (χ2v) is 4.73. The Balaban J connectivity index is 3.16. The second-order valence-electron chi connectivity index (χ2n) is 4.73. The number of carbonyl (C=O) groups is 1. The van der Waals surface area contributed by atoms with Gasteiger partial charge >= 0.3 is 5.97 Å².